The predicted octanol–water partition coefficient (Wildman–Crippen LogP) is 1.84. The highest BCUT2D eigenvalue weighted by molar-refractivity contribution is 4.83. The van der Waals surface area contributed by atoms with Crippen molar-refractivity contribution in [3.8, 4) is 0 Å². The first-order valence-electron chi connectivity index (χ1n) is 6.21. The Morgan fingerprint density at radius 2 is 1.80 bits per heavy atom. The van der Waals surface area contributed by atoms with Crippen molar-refractivity contribution in [1.29, 1.82) is 0 Å². The molecule has 0 radical (unpaired) electrons. The van der Waals surface area contributed by atoms with Crippen LogP contribution in [0.25, 0.3) is 0 Å². The third kappa shape index (κ3) is 2.92. The number of rotatable bonds is 2. The molecule has 15 heavy (non-hydrogen) atoms. The van der Waals surface area contributed by atoms with Crippen molar-refractivity contribution in [2.45, 2.75) is 76.4 Å². The SMILES string of the molecule is CC1CC(OC2CCCC2N)CC(C)O1. The third-order valence-electron chi connectivity index (χ3n) is 3.53. The molecule has 0 spiro atoms. The molecule has 1 heterocycles. The molecule has 4 atom stereocenters. The topological polar surface area (TPSA) is 44.5 Å². The molecule has 1 saturated heterocycles. The largest absolute Gasteiger partial charge is 0.375 e. The Kier molecular flexibility index (Phi) is 3.65. The maximum atomic E-state index is 6.10. The second-order valence-corrected chi connectivity index (χ2v) is 5.12. The highest BCUT2D eigenvalue weighted by Gasteiger charge is 2.31. The Morgan fingerprint density at radius 3 is 2.33 bits per heavy atom. The molecule has 0 aromatic carbocycles. The quantitative estimate of drug-likeness (QED) is 0.761. The van der Waals surface area contributed by atoms with Gasteiger partial charge < -0.3 is 15.2 Å². The average Bonchev–Trinajstić information content (AvgIpc) is 2.50. The molecule has 2 fully saturated rings. The van der Waals surface area contributed by atoms with Crippen LogP contribution in [0, 0.1) is 0 Å². The molecule has 2 aliphatic rings. The zero-order valence-corrected chi connectivity index (χ0v) is 9.82. The van der Waals surface area contributed by atoms with Crippen LogP contribution in [0.3, 0.4) is 0 Å². The summed E-state index contributed by atoms with van der Waals surface area (Å²) in [5.41, 5.74) is 6.01. The van der Waals surface area contributed by atoms with Crippen molar-refractivity contribution < 1.29 is 9.47 Å². The fourth-order valence-corrected chi connectivity index (χ4v) is 2.83. The number of ether oxygens (including phenoxy) is 2. The van der Waals surface area contributed by atoms with Crippen molar-refractivity contribution in [2.24, 2.45) is 5.73 Å². The summed E-state index contributed by atoms with van der Waals surface area (Å²) in [6, 6.07) is 0.262. The summed E-state index contributed by atoms with van der Waals surface area (Å²) in [7, 11) is 0. The standard InChI is InChI=1S/C12H23NO2/c1-8-6-10(7-9(2)14-8)15-12-5-3-4-11(12)13/h8-12H,3-7,13H2,1-2H3. The molecule has 1 aliphatic carbocycles. The van der Waals surface area contributed by atoms with Crippen LogP contribution in [0.1, 0.15) is 46.0 Å². The minimum atomic E-state index is 0.262. The van der Waals surface area contributed by atoms with E-state index in [2.05, 4.69) is 13.8 Å². The van der Waals surface area contributed by atoms with Gasteiger partial charge in [-0.25, -0.2) is 0 Å². The maximum absolute atomic E-state index is 6.10. The molecule has 3 heteroatoms. The van der Waals surface area contributed by atoms with E-state index in [0.717, 1.165) is 25.7 Å². The van der Waals surface area contributed by atoms with Gasteiger partial charge in [-0.1, -0.05) is 0 Å². The molecule has 4 unspecified atom stereocenters. The number of hydrogen-bond donors (Lipinski definition) is 1. The second kappa shape index (κ2) is 4.81. The van der Waals surface area contributed by atoms with E-state index in [1.807, 2.05) is 0 Å². The monoisotopic (exact) mass is 213 g/mol. The van der Waals surface area contributed by atoms with Crippen LogP contribution in [-0.2, 0) is 9.47 Å². The minimum Gasteiger partial charge on any atom is -0.375 e. The van der Waals surface area contributed by atoms with Crippen molar-refractivity contribution in [3.05, 3.63) is 0 Å². The van der Waals surface area contributed by atoms with Gasteiger partial charge in [-0.05, 0) is 46.0 Å². The van der Waals surface area contributed by atoms with Crippen LogP contribution in [0.5, 0.6) is 0 Å². The molecule has 3 nitrogen and oxygen atoms in total. The fraction of sp³-hybridized carbons (Fsp3) is 1.00. The highest BCUT2D eigenvalue weighted by atomic mass is 16.5. The third-order valence-corrected chi connectivity index (χ3v) is 3.53. The van der Waals surface area contributed by atoms with E-state index in [4.69, 9.17) is 15.2 Å². The summed E-state index contributed by atoms with van der Waals surface area (Å²) in [6.45, 7) is 4.25. The van der Waals surface area contributed by atoms with Crippen molar-refractivity contribution in [1.82, 2.24) is 0 Å². The van der Waals surface area contributed by atoms with Gasteiger partial charge in [-0.3, -0.25) is 0 Å². The van der Waals surface area contributed by atoms with Crippen LogP contribution in [-0.4, -0.2) is 30.5 Å². The molecule has 2 N–H and O–H groups in total. The lowest BCUT2D eigenvalue weighted by Crippen LogP contribution is -2.40. The van der Waals surface area contributed by atoms with Crippen molar-refractivity contribution >= 4 is 0 Å². The Morgan fingerprint density at radius 1 is 1.13 bits per heavy atom. The van der Waals surface area contributed by atoms with Gasteiger partial charge in [0.1, 0.15) is 0 Å². The zero-order valence-electron chi connectivity index (χ0n) is 9.82. The molecule has 0 amide bonds. The number of hydrogen-bond acceptors (Lipinski definition) is 3. The van der Waals surface area contributed by atoms with E-state index in [0.29, 0.717) is 24.4 Å². The first-order valence-corrected chi connectivity index (χ1v) is 6.21. The van der Waals surface area contributed by atoms with Gasteiger partial charge in [-0.2, -0.15) is 0 Å². The van der Waals surface area contributed by atoms with Gasteiger partial charge >= 0.3 is 0 Å². The van der Waals surface area contributed by atoms with E-state index in [1.165, 1.54) is 6.42 Å². The highest BCUT2D eigenvalue weighted by Crippen LogP contribution is 2.27. The van der Waals surface area contributed by atoms with E-state index in [9.17, 15) is 0 Å². The van der Waals surface area contributed by atoms with Crippen molar-refractivity contribution in [2.75, 3.05) is 0 Å². The van der Waals surface area contributed by atoms with Crippen molar-refractivity contribution in [3.63, 3.8) is 0 Å². The summed E-state index contributed by atoms with van der Waals surface area (Å²) in [4.78, 5) is 0. The van der Waals surface area contributed by atoms with Crippen LogP contribution in [0.2, 0.25) is 0 Å². The van der Waals surface area contributed by atoms with Gasteiger partial charge in [0, 0.05) is 6.04 Å². The van der Waals surface area contributed by atoms with E-state index >= 15 is 0 Å². The van der Waals surface area contributed by atoms with Gasteiger partial charge in [-0.15, -0.1) is 0 Å². The summed E-state index contributed by atoms with van der Waals surface area (Å²) in [6.07, 6.45) is 6.85. The molecular weight excluding hydrogens is 190 g/mol. The zero-order chi connectivity index (χ0) is 10.8. The first-order chi connectivity index (χ1) is 7.15. The molecule has 2 rings (SSSR count). The average molecular weight is 213 g/mol. The normalized spacial score (nSPS) is 47.0. The minimum absolute atomic E-state index is 0.262. The van der Waals surface area contributed by atoms with Gasteiger partial charge in [0.25, 0.3) is 0 Å². The Balaban J connectivity index is 1.83. The van der Waals surface area contributed by atoms with Gasteiger partial charge in [0.2, 0.25) is 0 Å². The number of nitrogens with two attached hydrogens (primary N) is 1. The molecule has 0 bridgehead atoms. The smallest absolute Gasteiger partial charge is 0.0729 e. The van der Waals surface area contributed by atoms with E-state index < -0.39 is 0 Å². The molecule has 1 saturated carbocycles. The van der Waals surface area contributed by atoms with E-state index in [-0.39, 0.29) is 6.04 Å². The Labute approximate surface area is 92.3 Å². The Hall–Kier alpha value is -0.120. The van der Waals surface area contributed by atoms with Crippen LogP contribution < -0.4 is 5.73 Å². The Bertz CT molecular complexity index is 200. The molecule has 1 aliphatic heterocycles. The maximum Gasteiger partial charge on any atom is 0.0729 e. The van der Waals surface area contributed by atoms with Crippen LogP contribution in [0.15, 0.2) is 0 Å². The fourth-order valence-electron chi connectivity index (χ4n) is 2.83. The first kappa shape index (κ1) is 11.4. The second-order valence-electron chi connectivity index (χ2n) is 5.12. The summed E-state index contributed by atoms with van der Waals surface area (Å²) in [5.74, 6) is 0. The summed E-state index contributed by atoms with van der Waals surface area (Å²) in [5, 5.41) is 0. The van der Waals surface area contributed by atoms with Gasteiger partial charge in [0.05, 0.1) is 24.4 Å². The lowest BCUT2D eigenvalue weighted by molar-refractivity contribution is -0.122. The molecular formula is C12H23NO2. The summed E-state index contributed by atoms with van der Waals surface area (Å²) >= 11 is 0. The van der Waals surface area contributed by atoms with Crippen LogP contribution in [0.4, 0.5) is 0 Å². The van der Waals surface area contributed by atoms with Crippen LogP contribution >= 0.6 is 0 Å². The lowest BCUT2D eigenvalue weighted by Gasteiger charge is -2.34. The molecule has 0 aromatic heterocycles. The summed E-state index contributed by atoms with van der Waals surface area (Å²) < 4.78 is 11.8. The molecule has 0 aromatic rings. The van der Waals surface area contributed by atoms with Gasteiger partial charge in [0.15, 0.2) is 0 Å². The molecule has 88 valence electrons. The predicted molar refractivity (Wildman–Crippen MR) is 59.7 cm³/mol. The lowest BCUT2D eigenvalue weighted by atomic mass is 10.0. The van der Waals surface area contributed by atoms with E-state index in [1.54, 1.807) is 0 Å².